The van der Waals surface area contributed by atoms with Crippen LogP contribution < -0.4 is 0 Å². The number of carbonyl (C=O) groups is 2. The lowest BCUT2D eigenvalue weighted by Gasteiger charge is -2.16. The van der Waals surface area contributed by atoms with Crippen molar-refractivity contribution >= 4 is 35.2 Å². The minimum absolute atomic E-state index is 0.000198. The number of hydrogen-bond acceptors (Lipinski definition) is 3. The van der Waals surface area contributed by atoms with Crippen molar-refractivity contribution in [2.75, 3.05) is 25.1 Å². The first-order valence-corrected chi connectivity index (χ1v) is 8.05. The van der Waals surface area contributed by atoms with E-state index in [1.54, 1.807) is 17.0 Å². The van der Waals surface area contributed by atoms with Gasteiger partial charge in [0, 0.05) is 24.0 Å². The van der Waals surface area contributed by atoms with Crippen molar-refractivity contribution in [3.63, 3.8) is 0 Å². The second-order valence-electron chi connectivity index (χ2n) is 4.83. The summed E-state index contributed by atoms with van der Waals surface area (Å²) in [5.74, 6) is -1.19. The molecule has 6 heteroatoms. The highest BCUT2D eigenvalue weighted by molar-refractivity contribution is 7.99. The van der Waals surface area contributed by atoms with Gasteiger partial charge < -0.3 is 10.0 Å². The lowest BCUT2D eigenvalue weighted by Crippen LogP contribution is -2.31. The zero-order valence-electron chi connectivity index (χ0n) is 11.1. The van der Waals surface area contributed by atoms with Crippen LogP contribution in [0.3, 0.4) is 0 Å². The van der Waals surface area contributed by atoms with Crippen LogP contribution in [0.25, 0.3) is 0 Å². The van der Waals surface area contributed by atoms with Crippen molar-refractivity contribution in [2.24, 2.45) is 5.92 Å². The first-order chi connectivity index (χ1) is 9.52. The van der Waals surface area contributed by atoms with E-state index in [-0.39, 0.29) is 18.4 Å². The number of likely N-dealkylation sites (tertiary alicyclic amines) is 1. The Morgan fingerprint density at radius 2 is 2.00 bits per heavy atom. The summed E-state index contributed by atoms with van der Waals surface area (Å²) in [6.07, 6.45) is 1.86. The molecule has 2 rings (SSSR count). The van der Waals surface area contributed by atoms with E-state index < -0.39 is 11.9 Å². The summed E-state index contributed by atoms with van der Waals surface area (Å²) in [7, 11) is 0. The van der Waals surface area contributed by atoms with Gasteiger partial charge in [0.05, 0.1) is 11.7 Å². The summed E-state index contributed by atoms with van der Waals surface area (Å²) < 4.78 is 0. The van der Waals surface area contributed by atoms with Crippen LogP contribution in [-0.2, 0) is 9.59 Å². The van der Waals surface area contributed by atoms with Crippen molar-refractivity contribution < 1.29 is 14.7 Å². The SMILES string of the molecule is CSCC(=O)N1C[C@@H](C(=O)O)[C@H](c2ccc(Cl)cc2)C1. The Morgan fingerprint density at radius 1 is 1.35 bits per heavy atom. The number of halogens is 1. The molecular weight excluding hydrogens is 298 g/mol. The molecule has 1 heterocycles. The van der Waals surface area contributed by atoms with E-state index in [4.69, 9.17) is 11.6 Å². The first kappa shape index (κ1) is 15.2. The molecule has 0 bridgehead atoms. The molecule has 2 atom stereocenters. The van der Waals surface area contributed by atoms with Crippen LogP contribution >= 0.6 is 23.4 Å². The number of carboxylic acid groups (broad SMARTS) is 1. The van der Waals surface area contributed by atoms with Crippen LogP contribution in [0.5, 0.6) is 0 Å². The number of thioether (sulfide) groups is 1. The molecule has 0 aliphatic carbocycles. The number of hydrogen-bond donors (Lipinski definition) is 1. The van der Waals surface area contributed by atoms with Gasteiger partial charge in [-0.15, -0.1) is 0 Å². The predicted molar refractivity (Wildman–Crippen MR) is 80.3 cm³/mol. The van der Waals surface area contributed by atoms with E-state index in [9.17, 15) is 14.7 Å². The third kappa shape index (κ3) is 3.27. The summed E-state index contributed by atoms with van der Waals surface area (Å²) in [6.45, 7) is 0.736. The molecule has 0 saturated carbocycles. The molecule has 1 aliphatic rings. The normalized spacial score (nSPS) is 22.0. The number of carbonyl (C=O) groups excluding carboxylic acids is 1. The average molecular weight is 314 g/mol. The highest BCUT2D eigenvalue weighted by Gasteiger charge is 2.40. The van der Waals surface area contributed by atoms with E-state index in [0.717, 1.165) is 5.56 Å². The summed E-state index contributed by atoms with van der Waals surface area (Å²) in [5.41, 5.74) is 0.918. The monoisotopic (exact) mass is 313 g/mol. The van der Waals surface area contributed by atoms with Gasteiger partial charge in [0.2, 0.25) is 5.91 Å². The summed E-state index contributed by atoms with van der Waals surface area (Å²) in [4.78, 5) is 25.0. The number of benzene rings is 1. The smallest absolute Gasteiger partial charge is 0.308 e. The Balaban J connectivity index is 2.19. The number of carboxylic acids is 1. The zero-order valence-corrected chi connectivity index (χ0v) is 12.7. The summed E-state index contributed by atoms with van der Waals surface area (Å²) in [6, 6.07) is 7.18. The standard InChI is InChI=1S/C14H16ClNO3S/c1-20-8-13(17)16-6-11(12(7-16)14(18)19)9-2-4-10(15)5-3-9/h2-5,11-12H,6-8H2,1H3,(H,18,19)/t11-,12+/m0/s1. The molecule has 0 unspecified atom stereocenters. The van der Waals surface area contributed by atoms with Gasteiger partial charge in [-0.05, 0) is 24.0 Å². The molecule has 0 aromatic heterocycles. The number of rotatable bonds is 4. The Labute approximate surface area is 127 Å². The molecule has 4 nitrogen and oxygen atoms in total. The van der Waals surface area contributed by atoms with Gasteiger partial charge in [-0.25, -0.2) is 0 Å². The fraction of sp³-hybridized carbons (Fsp3) is 0.429. The fourth-order valence-corrected chi connectivity index (χ4v) is 3.08. The molecule has 108 valence electrons. The molecule has 1 saturated heterocycles. The van der Waals surface area contributed by atoms with Crippen LogP contribution in [0.2, 0.25) is 5.02 Å². The van der Waals surface area contributed by atoms with E-state index in [2.05, 4.69) is 0 Å². The molecule has 1 amide bonds. The lowest BCUT2D eigenvalue weighted by atomic mass is 9.89. The van der Waals surface area contributed by atoms with Gasteiger partial charge in [0.25, 0.3) is 0 Å². The van der Waals surface area contributed by atoms with Gasteiger partial charge in [0.15, 0.2) is 0 Å². The van der Waals surface area contributed by atoms with Crippen LogP contribution in [-0.4, -0.2) is 47.0 Å². The first-order valence-electron chi connectivity index (χ1n) is 6.28. The molecular formula is C14H16ClNO3S. The number of nitrogens with zero attached hydrogens (tertiary/aromatic N) is 1. The third-order valence-electron chi connectivity index (χ3n) is 3.56. The van der Waals surface area contributed by atoms with Crippen LogP contribution in [0.1, 0.15) is 11.5 Å². The second kappa shape index (κ2) is 6.50. The van der Waals surface area contributed by atoms with Gasteiger partial charge in [-0.2, -0.15) is 11.8 Å². The van der Waals surface area contributed by atoms with Gasteiger partial charge >= 0.3 is 5.97 Å². The minimum Gasteiger partial charge on any atom is -0.481 e. The van der Waals surface area contributed by atoms with Gasteiger partial charge in [-0.1, -0.05) is 23.7 Å². The Kier molecular flexibility index (Phi) is 4.94. The number of aliphatic carboxylic acids is 1. The lowest BCUT2D eigenvalue weighted by molar-refractivity contribution is -0.141. The average Bonchev–Trinajstić information content (AvgIpc) is 2.85. The number of amides is 1. The van der Waals surface area contributed by atoms with Gasteiger partial charge in [0.1, 0.15) is 0 Å². The van der Waals surface area contributed by atoms with Crippen molar-refractivity contribution in [1.82, 2.24) is 4.90 Å². The predicted octanol–water partition coefficient (Wildman–Crippen LogP) is 2.33. The maximum absolute atomic E-state index is 11.9. The Bertz CT molecular complexity index is 506. The minimum atomic E-state index is -0.857. The zero-order chi connectivity index (χ0) is 14.7. The molecule has 1 N–H and O–H groups in total. The van der Waals surface area contributed by atoms with E-state index in [0.29, 0.717) is 17.3 Å². The van der Waals surface area contributed by atoms with Crippen molar-refractivity contribution in [1.29, 1.82) is 0 Å². The van der Waals surface area contributed by atoms with E-state index >= 15 is 0 Å². The maximum atomic E-state index is 11.9. The van der Waals surface area contributed by atoms with Crippen molar-refractivity contribution in [3.05, 3.63) is 34.9 Å². The highest BCUT2D eigenvalue weighted by Crippen LogP contribution is 2.33. The molecule has 1 aromatic rings. The molecule has 1 fully saturated rings. The fourth-order valence-electron chi connectivity index (χ4n) is 2.52. The Hall–Kier alpha value is -1.20. The summed E-state index contributed by atoms with van der Waals surface area (Å²) in [5, 5.41) is 9.98. The molecule has 0 spiro atoms. The third-order valence-corrected chi connectivity index (χ3v) is 4.34. The highest BCUT2D eigenvalue weighted by atomic mass is 35.5. The van der Waals surface area contributed by atoms with Crippen molar-refractivity contribution in [3.8, 4) is 0 Å². The largest absolute Gasteiger partial charge is 0.481 e. The van der Waals surface area contributed by atoms with Crippen LogP contribution in [0, 0.1) is 5.92 Å². The molecule has 1 aliphatic heterocycles. The van der Waals surface area contributed by atoms with E-state index in [1.807, 2.05) is 18.4 Å². The Morgan fingerprint density at radius 3 is 2.55 bits per heavy atom. The van der Waals surface area contributed by atoms with Crippen LogP contribution in [0.15, 0.2) is 24.3 Å². The molecule has 0 radical (unpaired) electrons. The second-order valence-corrected chi connectivity index (χ2v) is 6.14. The molecule has 1 aromatic carbocycles. The summed E-state index contributed by atoms with van der Waals surface area (Å²) >= 11 is 7.30. The van der Waals surface area contributed by atoms with Gasteiger partial charge in [-0.3, -0.25) is 9.59 Å². The molecule has 20 heavy (non-hydrogen) atoms. The van der Waals surface area contributed by atoms with Crippen molar-refractivity contribution in [2.45, 2.75) is 5.92 Å². The van der Waals surface area contributed by atoms with Crippen LogP contribution in [0.4, 0.5) is 0 Å². The quantitative estimate of drug-likeness (QED) is 0.927. The van der Waals surface area contributed by atoms with E-state index in [1.165, 1.54) is 11.8 Å². The topological polar surface area (TPSA) is 57.6 Å². The maximum Gasteiger partial charge on any atom is 0.308 e.